The molecule has 0 radical (unpaired) electrons. The predicted octanol–water partition coefficient (Wildman–Crippen LogP) is 3.52. The van der Waals surface area contributed by atoms with Gasteiger partial charge in [0, 0.05) is 10.9 Å². The Balaban J connectivity index is 2.21. The number of halogens is 1. The molecular weight excluding hydrogens is 312 g/mol. The van der Waals surface area contributed by atoms with Crippen molar-refractivity contribution in [3.8, 4) is 0 Å². The zero-order chi connectivity index (χ0) is 15.6. The lowest BCUT2D eigenvalue weighted by Crippen LogP contribution is -2.13. The molecule has 1 heterocycles. The molecule has 0 aliphatic heterocycles. The van der Waals surface area contributed by atoms with Crippen molar-refractivity contribution in [1.82, 2.24) is 10.1 Å². The van der Waals surface area contributed by atoms with Crippen LogP contribution in [0, 0.1) is 0 Å². The third kappa shape index (κ3) is 3.83. The van der Waals surface area contributed by atoms with Gasteiger partial charge in [0.25, 0.3) is 0 Å². The molecule has 0 aliphatic rings. The Bertz CT molecular complexity index is 725. The molecule has 5 nitrogen and oxygen atoms in total. The van der Waals surface area contributed by atoms with Gasteiger partial charge in [-0.3, -0.25) is 0 Å². The van der Waals surface area contributed by atoms with E-state index in [-0.39, 0.29) is 17.6 Å². The quantitative estimate of drug-likeness (QED) is 0.839. The lowest BCUT2D eigenvalue weighted by atomic mass is 10.2. The lowest BCUT2D eigenvalue weighted by molar-refractivity contribution is 0.369. The molecule has 2 aromatic rings. The molecule has 0 saturated carbocycles. The molecule has 21 heavy (non-hydrogen) atoms. The molecule has 1 aromatic carbocycles. The highest BCUT2D eigenvalue weighted by Crippen LogP contribution is 2.25. The summed E-state index contributed by atoms with van der Waals surface area (Å²) in [6.45, 7) is 5.39. The number of hydrogen-bond acceptors (Lipinski definition) is 5. The molecule has 0 bridgehead atoms. The first-order valence-corrected chi connectivity index (χ1v) is 8.68. The van der Waals surface area contributed by atoms with Gasteiger partial charge in [0.05, 0.1) is 5.75 Å². The maximum Gasteiger partial charge on any atom is 0.244 e. The number of benzene rings is 1. The van der Waals surface area contributed by atoms with Crippen LogP contribution in [-0.2, 0) is 15.6 Å². The average molecular weight is 329 g/mol. The summed E-state index contributed by atoms with van der Waals surface area (Å²) < 4.78 is 29.9. The van der Waals surface area contributed by atoms with Crippen molar-refractivity contribution in [2.75, 3.05) is 0 Å². The highest BCUT2D eigenvalue weighted by Gasteiger charge is 2.28. The van der Waals surface area contributed by atoms with Gasteiger partial charge in [-0.25, -0.2) is 8.42 Å². The largest absolute Gasteiger partial charge is 0.338 e. The van der Waals surface area contributed by atoms with Crippen LogP contribution in [0.3, 0.4) is 0 Å². The van der Waals surface area contributed by atoms with Crippen LogP contribution in [0.5, 0.6) is 0 Å². The molecule has 0 N–H and O–H groups in total. The number of rotatable bonds is 5. The Kier molecular flexibility index (Phi) is 4.68. The summed E-state index contributed by atoms with van der Waals surface area (Å²) >= 11 is 5.87. The summed E-state index contributed by atoms with van der Waals surface area (Å²) in [5.41, 5.74) is 0.637. The van der Waals surface area contributed by atoms with E-state index in [0.29, 0.717) is 16.4 Å². The molecule has 0 fully saturated rings. The molecule has 1 atom stereocenters. The number of sulfone groups is 1. The van der Waals surface area contributed by atoms with Crippen LogP contribution in [0.2, 0.25) is 5.02 Å². The second kappa shape index (κ2) is 6.15. The molecule has 0 aliphatic carbocycles. The fraction of sp³-hybridized carbons (Fsp3) is 0.429. The van der Waals surface area contributed by atoms with Gasteiger partial charge in [-0.05, 0) is 24.6 Å². The molecule has 1 aromatic heterocycles. The molecule has 0 unspecified atom stereocenters. The van der Waals surface area contributed by atoms with E-state index in [0.717, 1.165) is 0 Å². The van der Waals surface area contributed by atoms with Gasteiger partial charge < -0.3 is 4.52 Å². The van der Waals surface area contributed by atoms with Gasteiger partial charge >= 0.3 is 0 Å². The normalized spacial score (nSPS) is 13.6. The minimum absolute atomic E-state index is 0.0883. The van der Waals surface area contributed by atoms with Crippen molar-refractivity contribution in [2.24, 2.45) is 0 Å². The van der Waals surface area contributed by atoms with Gasteiger partial charge in [-0.2, -0.15) is 4.98 Å². The van der Waals surface area contributed by atoms with Crippen LogP contribution >= 0.6 is 11.6 Å². The summed E-state index contributed by atoms with van der Waals surface area (Å²) in [5, 5.41) is 3.46. The minimum atomic E-state index is -3.45. The lowest BCUT2D eigenvalue weighted by Gasteiger charge is -2.09. The summed E-state index contributed by atoms with van der Waals surface area (Å²) in [5.74, 6) is 0.606. The molecule has 2 rings (SSSR count). The Morgan fingerprint density at radius 2 is 2.00 bits per heavy atom. The van der Waals surface area contributed by atoms with Crippen molar-refractivity contribution < 1.29 is 12.9 Å². The maximum atomic E-state index is 12.4. The highest BCUT2D eigenvalue weighted by atomic mass is 35.5. The molecular formula is C14H17ClN2O3S. The number of hydrogen-bond donors (Lipinski definition) is 0. The molecule has 114 valence electrons. The summed E-state index contributed by atoms with van der Waals surface area (Å²) in [4.78, 5) is 4.15. The SMILES string of the molecule is CC(C)c1noc([C@@H](C)S(=O)(=O)Cc2cccc(Cl)c2)n1. The van der Waals surface area contributed by atoms with E-state index in [1.165, 1.54) is 0 Å². The Labute approximate surface area is 129 Å². The van der Waals surface area contributed by atoms with E-state index in [9.17, 15) is 8.42 Å². The third-order valence-corrected chi connectivity index (χ3v) is 5.37. The van der Waals surface area contributed by atoms with Crippen molar-refractivity contribution in [2.45, 2.75) is 37.7 Å². The Hall–Kier alpha value is -1.40. The van der Waals surface area contributed by atoms with Gasteiger partial charge in [-0.15, -0.1) is 0 Å². The van der Waals surface area contributed by atoms with Gasteiger partial charge in [0.15, 0.2) is 15.7 Å². The van der Waals surface area contributed by atoms with Gasteiger partial charge in [0.1, 0.15) is 5.25 Å². The molecule has 0 saturated heterocycles. The second-order valence-corrected chi connectivity index (χ2v) is 7.98. The van der Waals surface area contributed by atoms with Crippen molar-refractivity contribution in [3.05, 3.63) is 46.6 Å². The Morgan fingerprint density at radius 3 is 2.57 bits per heavy atom. The van der Waals surface area contributed by atoms with Gasteiger partial charge in [0.2, 0.25) is 5.89 Å². The van der Waals surface area contributed by atoms with Crippen LogP contribution in [0.15, 0.2) is 28.8 Å². The highest BCUT2D eigenvalue weighted by molar-refractivity contribution is 7.90. The smallest absolute Gasteiger partial charge is 0.244 e. The molecule has 7 heteroatoms. The van der Waals surface area contributed by atoms with Crippen molar-refractivity contribution in [3.63, 3.8) is 0 Å². The van der Waals surface area contributed by atoms with Crippen LogP contribution < -0.4 is 0 Å². The standard InChI is InChI=1S/C14H17ClN2O3S/c1-9(2)13-16-14(20-17-13)10(3)21(18,19)8-11-5-4-6-12(15)7-11/h4-7,9-10H,8H2,1-3H3/t10-/m1/s1. The average Bonchev–Trinajstić information content (AvgIpc) is 2.86. The van der Waals surface area contributed by atoms with Crippen LogP contribution in [-0.4, -0.2) is 18.6 Å². The topological polar surface area (TPSA) is 73.1 Å². The van der Waals surface area contributed by atoms with Crippen molar-refractivity contribution in [1.29, 1.82) is 0 Å². The first-order chi connectivity index (χ1) is 9.79. The van der Waals surface area contributed by atoms with E-state index < -0.39 is 15.1 Å². The number of aromatic nitrogens is 2. The second-order valence-electron chi connectivity index (χ2n) is 5.22. The fourth-order valence-corrected chi connectivity index (χ4v) is 3.29. The van der Waals surface area contributed by atoms with Crippen LogP contribution in [0.1, 0.15) is 49.2 Å². The molecule has 0 amide bonds. The van der Waals surface area contributed by atoms with E-state index in [4.69, 9.17) is 16.1 Å². The summed E-state index contributed by atoms with van der Waals surface area (Å²) in [7, 11) is -3.45. The van der Waals surface area contributed by atoms with E-state index >= 15 is 0 Å². The molecule has 0 spiro atoms. The van der Waals surface area contributed by atoms with Crippen LogP contribution in [0.25, 0.3) is 0 Å². The first-order valence-electron chi connectivity index (χ1n) is 6.59. The fourth-order valence-electron chi connectivity index (χ4n) is 1.78. The monoisotopic (exact) mass is 328 g/mol. The van der Waals surface area contributed by atoms with Crippen molar-refractivity contribution >= 4 is 21.4 Å². The first kappa shape index (κ1) is 16.0. The zero-order valence-electron chi connectivity index (χ0n) is 12.1. The summed E-state index contributed by atoms with van der Waals surface area (Å²) in [6.07, 6.45) is 0. The minimum Gasteiger partial charge on any atom is -0.338 e. The van der Waals surface area contributed by atoms with Gasteiger partial charge in [-0.1, -0.05) is 42.7 Å². The zero-order valence-corrected chi connectivity index (χ0v) is 13.6. The van der Waals surface area contributed by atoms with E-state index in [1.54, 1.807) is 31.2 Å². The van der Waals surface area contributed by atoms with Crippen LogP contribution in [0.4, 0.5) is 0 Å². The van der Waals surface area contributed by atoms with E-state index in [1.807, 2.05) is 13.8 Å². The third-order valence-electron chi connectivity index (χ3n) is 3.12. The van der Waals surface area contributed by atoms with E-state index in [2.05, 4.69) is 10.1 Å². The Morgan fingerprint density at radius 1 is 1.29 bits per heavy atom. The predicted molar refractivity (Wildman–Crippen MR) is 80.9 cm³/mol. The maximum absolute atomic E-state index is 12.4. The summed E-state index contributed by atoms with van der Waals surface area (Å²) in [6, 6.07) is 6.79. The number of nitrogens with zero attached hydrogens (tertiary/aromatic N) is 2.